The number of nitrogens with zero attached hydrogens (tertiary/aromatic N) is 3. The molecule has 1 fully saturated rings. The van der Waals surface area contributed by atoms with E-state index in [-0.39, 0.29) is 23.6 Å². The second-order valence-electron chi connectivity index (χ2n) is 6.01. The number of halogens is 1. The number of nitrogens with one attached hydrogen (secondary N) is 2. The van der Waals surface area contributed by atoms with Crippen LogP contribution in [0, 0.1) is 5.95 Å². The highest BCUT2D eigenvalue weighted by Crippen LogP contribution is 2.23. The van der Waals surface area contributed by atoms with Crippen molar-refractivity contribution in [2.75, 3.05) is 10.6 Å². The fourth-order valence-corrected chi connectivity index (χ4v) is 2.87. The second-order valence-corrected chi connectivity index (χ2v) is 6.01. The number of hydrogen-bond acceptors (Lipinski definition) is 7. The number of anilines is 3. The maximum Gasteiger partial charge on any atom is 0.271 e. The number of rotatable bonds is 5. The predicted molar refractivity (Wildman–Crippen MR) is 91.9 cm³/mol. The lowest BCUT2D eigenvalue weighted by atomic mass is 9.91. The molecule has 0 spiro atoms. The van der Waals surface area contributed by atoms with Crippen molar-refractivity contribution in [2.45, 2.75) is 37.8 Å². The Morgan fingerprint density at radius 3 is 2.80 bits per heavy atom. The van der Waals surface area contributed by atoms with Gasteiger partial charge in [0.15, 0.2) is 11.5 Å². The largest absolute Gasteiger partial charge is 0.364 e. The van der Waals surface area contributed by atoms with Gasteiger partial charge in [-0.3, -0.25) is 4.79 Å². The first-order chi connectivity index (χ1) is 12.0. The molecule has 132 valence electrons. The zero-order chi connectivity index (χ0) is 17.8. The van der Waals surface area contributed by atoms with E-state index in [0.717, 1.165) is 25.7 Å². The molecule has 2 atom stereocenters. The van der Waals surface area contributed by atoms with E-state index in [9.17, 15) is 9.18 Å². The smallest absolute Gasteiger partial charge is 0.271 e. The highest BCUT2D eigenvalue weighted by Gasteiger charge is 2.22. The monoisotopic (exact) mass is 345 g/mol. The molecule has 9 heteroatoms. The van der Waals surface area contributed by atoms with Crippen LogP contribution in [0.15, 0.2) is 24.5 Å². The Morgan fingerprint density at radius 2 is 2.08 bits per heavy atom. The van der Waals surface area contributed by atoms with Crippen molar-refractivity contribution in [2.24, 2.45) is 11.5 Å². The summed E-state index contributed by atoms with van der Waals surface area (Å²) < 4.78 is 13.3. The molecule has 25 heavy (non-hydrogen) atoms. The number of nitrogens with two attached hydrogens (primary N) is 2. The van der Waals surface area contributed by atoms with Crippen LogP contribution in [-0.4, -0.2) is 32.9 Å². The molecule has 0 bridgehead atoms. The van der Waals surface area contributed by atoms with Gasteiger partial charge < -0.3 is 22.1 Å². The molecule has 0 radical (unpaired) electrons. The van der Waals surface area contributed by atoms with Crippen LogP contribution in [0.2, 0.25) is 0 Å². The van der Waals surface area contributed by atoms with E-state index in [1.807, 2.05) is 0 Å². The number of amides is 1. The van der Waals surface area contributed by atoms with Gasteiger partial charge in [-0.25, -0.2) is 15.0 Å². The summed E-state index contributed by atoms with van der Waals surface area (Å²) in [5.74, 6) is -0.761. The molecule has 0 aliphatic heterocycles. The highest BCUT2D eigenvalue weighted by molar-refractivity contribution is 5.96. The summed E-state index contributed by atoms with van der Waals surface area (Å²) in [5, 5.41) is 6.12. The standard InChI is InChI=1S/C16H20FN7O/c17-12-7-9(5-6-20-12)22-16-14(15(19)25)21-8-13(24-16)23-11-4-2-1-3-10(11)18/h5-8,10-11H,1-4,18H2,(H2,19,25)(H2,20,22,23,24)/t10-,11?/m0/s1. The van der Waals surface area contributed by atoms with Crippen molar-refractivity contribution in [3.63, 3.8) is 0 Å². The van der Waals surface area contributed by atoms with Crippen LogP contribution in [0.5, 0.6) is 0 Å². The Balaban J connectivity index is 1.85. The van der Waals surface area contributed by atoms with E-state index in [1.54, 1.807) is 6.07 Å². The zero-order valence-electron chi connectivity index (χ0n) is 13.6. The lowest BCUT2D eigenvalue weighted by Gasteiger charge is -2.29. The third-order valence-electron chi connectivity index (χ3n) is 4.15. The third kappa shape index (κ3) is 4.18. The van der Waals surface area contributed by atoms with Gasteiger partial charge in [0, 0.05) is 30.0 Å². The van der Waals surface area contributed by atoms with Crippen LogP contribution in [0.1, 0.15) is 36.2 Å². The van der Waals surface area contributed by atoms with Gasteiger partial charge in [0.25, 0.3) is 5.91 Å². The fraction of sp³-hybridized carbons (Fsp3) is 0.375. The first kappa shape index (κ1) is 17.0. The summed E-state index contributed by atoms with van der Waals surface area (Å²) >= 11 is 0. The number of primary amides is 1. The van der Waals surface area contributed by atoms with Crippen molar-refractivity contribution in [3.8, 4) is 0 Å². The van der Waals surface area contributed by atoms with Crippen molar-refractivity contribution in [1.82, 2.24) is 15.0 Å². The Bertz CT molecular complexity index is 770. The quantitative estimate of drug-likeness (QED) is 0.604. The normalized spacial score (nSPS) is 20.1. The van der Waals surface area contributed by atoms with E-state index >= 15 is 0 Å². The molecule has 6 N–H and O–H groups in total. The van der Waals surface area contributed by atoms with Crippen LogP contribution < -0.4 is 22.1 Å². The lowest BCUT2D eigenvalue weighted by molar-refractivity contribution is 0.0996. The Kier molecular flexibility index (Phi) is 5.03. The zero-order valence-corrected chi connectivity index (χ0v) is 13.6. The van der Waals surface area contributed by atoms with E-state index in [4.69, 9.17) is 11.5 Å². The molecule has 3 rings (SSSR count). The molecule has 1 aliphatic carbocycles. The lowest BCUT2D eigenvalue weighted by Crippen LogP contribution is -2.42. The molecule has 1 amide bonds. The van der Waals surface area contributed by atoms with Crippen LogP contribution in [-0.2, 0) is 0 Å². The summed E-state index contributed by atoms with van der Waals surface area (Å²) in [6.45, 7) is 0. The van der Waals surface area contributed by atoms with E-state index in [0.29, 0.717) is 11.5 Å². The van der Waals surface area contributed by atoms with Gasteiger partial charge in [-0.15, -0.1) is 0 Å². The van der Waals surface area contributed by atoms with Crippen molar-refractivity contribution in [1.29, 1.82) is 0 Å². The number of aromatic nitrogens is 3. The number of carbonyl (C=O) groups is 1. The average molecular weight is 345 g/mol. The topological polar surface area (TPSA) is 132 Å². The minimum absolute atomic E-state index is 0.0317. The Hall–Kier alpha value is -2.81. The average Bonchev–Trinajstić information content (AvgIpc) is 2.57. The second kappa shape index (κ2) is 7.39. The molecule has 2 heterocycles. The highest BCUT2D eigenvalue weighted by atomic mass is 19.1. The van der Waals surface area contributed by atoms with Gasteiger partial charge in [0.1, 0.15) is 5.82 Å². The van der Waals surface area contributed by atoms with Crippen LogP contribution >= 0.6 is 0 Å². The summed E-state index contributed by atoms with van der Waals surface area (Å²) in [4.78, 5) is 23.5. The predicted octanol–water partition coefficient (Wildman–Crippen LogP) is 1.53. The van der Waals surface area contributed by atoms with Gasteiger partial charge >= 0.3 is 0 Å². The molecule has 1 aliphatic rings. The van der Waals surface area contributed by atoms with E-state index in [1.165, 1.54) is 18.5 Å². The molecule has 1 saturated carbocycles. The van der Waals surface area contributed by atoms with Gasteiger partial charge in [-0.2, -0.15) is 4.39 Å². The first-order valence-corrected chi connectivity index (χ1v) is 8.10. The molecule has 0 saturated heterocycles. The minimum Gasteiger partial charge on any atom is -0.364 e. The van der Waals surface area contributed by atoms with Crippen LogP contribution in [0.25, 0.3) is 0 Å². The molecule has 8 nitrogen and oxygen atoms in total. The van der Waals surface area contributed by atoms with Crippen LogP contribution in [0.4, 0.5) is 21.7 Å². The number of hydrogen-bond donors (Lipinski definition) is 4. The van der Waals surface area contributed by atoms with Gasteiger partial charge in [-0.05, 0) is 18.9 Å². The van der Waals surface area contributed by atoms with E-state index in [2.05, 4.69) is 25.6 Å². The summed E-state index contributed by atoms with van der Waals surface area (Å²) in [5.41, 5.74) is 11.8. The number of carbonyl (C=O) groups excluding carboxylic acids is 1. The maximum atomic E-state index is 13.3. The Labute approximate surface area is 144 Å². The van der Waals surface area contributed by atoms with Gasteiger partial charge in [0.2, 0.25) is 5.95 Å². The minimum atomic E-state index is -0.731. The summed E-state index contributed by atoms with van der Waals surface area (Å²) in [6.07, 6.45) is 6.86. The maximum absolute atomic E-state index is 13.3. The fourth-order valence-electron chi connectivity index (χ4n) is 2.87. The van der Waals surface area contributed by atoms with Gasteiger partial charge in [-0.1, -0.05) is 12.8 Å². The summed E-state index contributed by atoms with van der Waals surface area (Å²) in [6, 6.07) is 2.86. The van der Waals surface area contributed by atoms with Crippen molar-refractivity contribution >= 4 is 23.2 Å². The molecule has 2 aromatic rings. The molecular formula is C16H20FN7O. The summed E-state index contributed by atoms with van der Waals surface area (Å²) in [7, 11) is 0. The Morgan fingerprint density at radius 1 is 1.28 bits per heavy atom. The number of pyridine rings is 1. The van der Waals surface area contributed by atoms with Crippen molar-refractivity contribution in [3.05, 3.63) is 36.2 Å². The molecular weight excluding hydrogens is 325 g/mol. The molecule has 2 aromatic heterocycles. The SMILES string of the molecule is NC(=O)c1ncc(NC2CCCC[C@@H]2N)nc1Nc1ccnc(F)c1. The molecule has 0 aromatic carbocycles. The third-order valence-corrected chi connectivity index (χ3v) is 4.15. The van der Waals surface area contributed by atoms with Crippen molar-refractivity contribution < 1.29 is 9.18 Å². The van der Waals surface area contributed by atoms with Gasteiger partial charge in [0.05, 0.1) is 6.20 Å². The van der Waals surface area contributed by atoms with E-state index < -0.39 is 11.9 Å². The first-order valence-electron chi connectivity index (χ1n) is 8.10. The van der Waals surface area contributed by atoms with Crippen LogP contribution in [0.3, 0.4) is 0 Å². The molecule has 1 unspecified atom stereocenters.